The van der Waals surface area contributed by atoms with Crippen molar-refractivity contribution in [3.05, 3.63) is 24.3 Å². The monoisotopic (exact) mass is 239 g/mol. The molecule has 1 aromatic rings. The summed E-state index contributed by atoms with van der Waals surface area (Å²) in [6.07, 6.45) is 1.85. The van der Waals surface area contributed by atoms with Crippen molar-refractivity contribution in [1.82, 2.24) is 9.88 Å². The lowest BCUT2D eigenvalue weighted by Crippen LogP contribution is -2.37. The van der Waals surface area contributed by atoms with E-state index in [0.29, 0.717) is 6.54 Å². The minimum Gasteiger partial charge on any atom is -0.391 e. The Morgan fingerprint density at radius 3 is 3.00 bits per heavy atom. The highest BCUT2D eigenvalue weighted by Gasteiger charge is 2.31. The first-order chi connectivity index (χ1) is 8.06. The molecule has 0 aliphatic carbocycles. The minimum atomic E-state index is -0.479. The van der Waals surface area contributed by atoms with Gasteiger partial charge in [-0.25, -0.2) is 4.98 Å². The van der Waals surface area contributed by atoms with Gasteiger partial charge < -0.3 is 14.9 Å². The van der Waals surface area contributed by atoms with Gasteiger partial charge >= 0.3 is 0 Å². The summed E-state index contributed by atoms with van der Waals surface area (Å²) in [7, 11) is 3.99. The number of likely N-dealkylation sites (N-methyl/N-ethyl adjacent to an activating group) is 1. The van der Waals surface area contributed by atoms with Crippen LogP contribution in [0.2, 0.25) is 0 Å². The van der Waals surface area contributed by atoms with Crippen LogP contribution in [0, 0.1) is 5.95 Å². The number of β-amino-alcohol motifs (C(OH)–C–C–N with tert-alkyl or cyclic N) is 1. The number of aromatic nitrogens is 1. The van der Waals surface area contributed by atoms with Gasteiger partial charge in [0.2, 0.25) is 5.95 Å². The van der Waals surface area contributed by atoms with E-state index in [9.17, 15) is 9.50 Å². The van der Waals surface area contributed by atoms with Crippen molar-refractivity contribution in [1.29, 1.82) is 0 Å². The molecule has 0 amide bonds. The molecule has 1 aromatic heterocycles. The standard InChI is InChI=1S/C12H18FN3O/c1-15(2)7-10-5-11(17)8-16(10)9-3-4-14-12(13)6-9/h3-4,6,10-11,17H,5,7-8H2,1-2H3. The van der Waals surface area contributed by atoms with Crippen LogP contribution in [0.1, 0.15) is 6.42 Å². The summed E-state index contributed by atoms with van der Waals surface area (Å²) in [6.45, 7) is 1.41. The van der Waals surface area contributed by atoms with E-state index in [4.69, 9.17) is 0 Å². The van der Waals surface area contributed by atoms with Gasteiger partial charge in [0.15, 0.2) is 0 Å². The maximum atomic E-state index is 13.1. The summed E-state index contributed by atoms with van der Waals surface area (Å²) in [5.74, 6) is -0.479. The van der Waals surface area contributed by atoms with Crippen molar-refractivity contribution >= 4 is 5.69 Å². The fraction of sp³-hybridized carbons (Fsp3) is 0.583. The Kier molecular flexibility index (Phi) is 3.59. The molecule has 1 aliphatic heterocycles. The van der Waals surface area contributed by atoms with Gasteiger partial charge in [0.1, 0.15) is 0 Å². The number of pyridine rings is 1. The molecule has 1 aliphatic rings. The van der Waals surface area contributed by atoms with E-state index in [1.165, 1.54) is 12.3 Å². The molecule has 2 heterocycles. The molecule has 94 valence electrons. The number of halogens is 1. The Hall–Kier alpha value is -1.20. The molecule has 0 bridgehead atoms. The molecule has 1 N–H and O–H groups in total. The SMILES string of the molecule is CN(C)CC1CC(O)CN1c1ccnc(F)c1. The van der Waals surface area contributed by atoms with Crippen molar-refractivity contribution in [2.75, 3.05) is 32.1 Å². The third kappa shape index (κ3) is 2.92. The third-order valence-corrected chi connectivity index (χ3v) is 3.01. The average Bonchev–Trinajstić information content (AvgIpc) is 2.58. The predicted octanol–water partition coefficient (Wildman–Crippen LogP) is 0.722. The molecule has 0 saturated carbocycles. The zero-order chi connectivity index (χ0) is 12.4. The summed E-state index contributed by atoms with van der Waals surface area (Å²) < 4.78 is 13.1. The van der Waals surface area contributed by atoms with E-state index >= 15 is 0 Å². The number of rotatable bonds is 3. The van der Waals surface area contributed by atoms with Crippen LogP contribution >= 0.6 is 0 Å². The normalized spacial score (nSPS) is 24.6. The fourth-order valence-corrected chi connectivity index (χ4v) is 2.37. The lowest BCUT2D eigenvalue weighted by atomic mass is 10.2. The fourth-order valence-electron chi connectivity index (χ4n) is 2.37. The average molecular weight is 239 g/mol. The molecule has 0 spiro atoms. The van der Waals surface area contributed by atoms with Crippen molar-refractivity contribution in [3.8, 4) is 0 Å². The van der Waals surface area contributed by atoms with Gasteiger partial charge in [-0.1, -0.05) is 0 Å². The number of anilines is 1. The first kappa shape index (κ1) is 12.3. The largest absolute Gasteiger partial charge is 0.391 e. The highest BCUT2D eigenvalue weighted by Crippen LogP contribution is 2.26. The zero-order valence-electron chi connectivity index (χ0n) is 10.2. The molecular weight excluding hydrogens is 221 g/mol. The van der Waals surface area contributed by atoms with Gasteiger partial charge in [0.25, 0.3) is 0 Å². The molecule has 17 heavy (non-hydrogen) atoms. The maximum Gasteiger partial charge on any atom is 0.214 e. The molecule has 0 aromatic carbocycles. The minimum absolute atomic E-state index is 0.224. The van der Waals surface area contributed by atoms with Crippen molar-refractivity contribution in [2.45, 2.75) is 18.6 Å². The number of nitrogens with zero attached hydrogens (tertiary/aromatic N) is 3. The quantitative estimate of drug-likeness (QED) is 0.789. The summed E-state index contributed by atoms with van der Waals surface area (Å²) in [6, 6.07) is 3.42. The Morgan fingerprint density at radius 1 is 1.59 bits per heavy atom. The molecule has 1 saturated heterocycles. The second kappa shape index (κ2) is 4.98. The second-order valence-electron chi connectivity index (χ2n) is 4.79. The molecule has 1 fully saturated rings. The highest BCUT2D eigenvalue weighted by atomic mass is 19.1. The second-order valence-corrected chi connectivity index (χ2v) is 4.79. The van der Waals surface area contributed by atoms with Crippen LogP contribution in [0.3, 0.4) is 0 Å². The van der Waals surface area contributed by atoms with Gasteiger partial charge in [0.05, 0.1) is 6.10 Å². The zero-order valence-corrected chi connectivity index (χ0v) is 10.2. The number of hydrogen-bond acceptors (Lipinski definition) is 4. The van der Waals surface area contributed by atoms with E-state index in [1.54, 1.807) is 6.07 Å². The van der Waals surface area contributed by atoms with Crippen LogP contribution in [0.15, 0.2) is 18.3 Å². The number of aliphatic hydroxyl groups excluding tert-OH is 1. The lowest BCUT2D eigenvalue weighted by molar-refractivity contribution is 0.191. The van der Waals surface area contributed by atoms with Gasteiger partial charge in [-0.3, -0.25) is 0 Å². The first-order valence-corrected chi connectivity index (χ1v) is 5.77. The summed E-state index contributed by atoms with van der Waals surface area (Å²) in [5.41, 5.74) is 0.793. The Morgan fingerprint density at radius 2 is 2.35 bits per heavy atom. The van der Waals surface area contributed by atoms with Crippen LogP contribution in [0.25, 0.3) is 0 Å². The molecule has 2 atom stereocenters. The summed E-state index contributed by atoms with van der Waals surface area (Å²) in [5, 5.41) is 9.74. The molecule has 0 radical (unpaired) electrons. The first-order valence-electron chi connectivity index (χ1n) is 5.77. The van der Waals surface area contributed by atoms with E-state index in [1.807, 2.05) is 14.1 Å². The van der Waals surface area contributed by atoms with Gasteiger partial charge in [-0.05, 0) is 26.6 Å². The smallest absolute Gasteiger partial charge is 0.214 e. The van der Waals surface area contributed by atoms with Gasteiger partial charge in [0, 0.05) is 37.1 Å². The molecule has 2 unspecified atom stereocenters. The molecule has 4 nitrogen and oxygen atoms in total. The number of hydrogen-bond donors (Lipinski definition) is 1. The van der Waals surface area contributed by atoms with Gasteiger partial charge in [-0.15, -0.1) is 0 Å². The van der Waals surface area contributed by atoms with E-state index in [-0.39, 0.29) is 12.1 Å². The third-order valence-electron chi connectivity index (χ3n) is 3.01. The van der Waals surface area contributed by atoms with Crippen LogP contribution in [0.4, 0.5) is 10.1 Å². The van der Waals surface area contributed by atoms with Crippen LogP contribution in [-0.2, 0) is 0 Å². The Balaban J connectivity index is 2.17. The summed E-state index contributed by atoms with van der Waals surface area (Å²) in [4.78, 5) is 7.68. The van der Waals surface area contributed by atoms with Crippen LogP contribution < -0.4 is 4.90 Å². The Bertz CT molecular complexity index is 386. The van der Waals surface area contributed by atoms with Crippen molar-refractivity contribution in [3.63, 3.8) is 0 Å². The van der Waals surface area contributed by atoms with E-state index in [2.05, 4.69) is 14.8 Å². The van der Waals surface area contributed by atoms with Crippen molar-refractivity contribution < 1.29 is 9.50 Å². The molecule has 5 heteroatoms. The summed E-state index contributed by atoms with van der Waals surface area (Å²) >= 11 is 0. The number of aliphatic hydroxyl groups is 1. The maximum absolute atomic E-state index is 13.1. The Labute approximate surface area is 101 Å². The molecular formula is C12H18FN3O. The lowest BCUT2D eigenvalue weighted by Gasteiger charge is -2.28. The topological polar surface area (TPSA) is 39.6 Å². The predicted molar refractivity (Wildman–Crippen MR) is 64.5 cm³/mol. The van der Waals surface area contributed by atoms with Crippen molar-refractivity contribution in [2.24, 2.45) is 0 Å². The van der Waals surface area contributed by atoms with E-state index < -0.39 is 5.95 Å². The molecule has 2 rings (SSSR count). The van der Waals surface area contributed by atoms with E-state index in [0.717, 1.165) is 18.7 Å². The highest BCUT2D eigenvalue weighted by molar-refractivity contribution is 5.47. The van der Waals surface area contributed by atoms with Crippen LogP contribution in [0.5, 0.6) is 0 Å². The van der Waals surface area contributed by atoms with Gasteiger partial charge in [-0.2, -0.15) is 4.39 Å². The van der Waals surface area contributed by atoms with Crippen LogP contribution in [-0.4, -0.2) is 54.3 Å².